The first-order valence-electron chi connectivity index (χ1n) is 6.82. The average Bonchev–Trinajstić information content (AvgIpc) is 2.89. The summed E-state index contributed by atoms with van der Waals surface area (Å²) < 4.78 is 9.43. The first-order valence-corrected chi connectivity index (χ1v) is 6.82. The maximum atomic E-state index is 11.9. The largest absolute Gasteiger partial charge is 0.469 e. The van der Waals surface area contributed by atoms with E-state index in [9.17, 15) is 9.59 Å². The fourth-order valence-electron chi connectivity index (χ4n) is 2.60. The second-order valence-electron chi connectivity index (χ2n) is 5.05. The Morgan fingerprint density at radius 2 is 1.90 bits per heavy atom. The number of alkyl carbamates (subject to hydrolysis) is 1. The van der Waals surface area contributed by atoms with Crippen molar-refractivity contribution in [3.05, 3.63) is 35.9 Å². The van der Waals surface area contributed by atoms with Crippen LogP contribution >= 0.6 is 0 Å². The first-order chi connectivity index (χ1) is 10.1. The molecule has 1 amide bonds. The van der Waals surface area contributed by atoms with Gasteiger partial charge in [-0.25, -0.2) is 4.79 Å². The molecule has 1 N–H and O–H groups in total. The van der Waals surface area contributed by atoms with Crippen LogP contribution in [0.2, 0.25) is 0 Å². The van der Waals surface area contributed by atoms with E-state index in [1.165, 1.54) is 19.8 Å². The summed E-state index contributed by atoms with van der Waals surface area (Å²) in [6, 6.07) is 9.70. The number of carbonyl (C=O) groups is 2. The van der Waals surface area contributed by atoms with Crippen molar-refractivity contribution in [1.29, 1.82) is 0 Å². The lowest BCUT2D eigenvalue weighted by Crippen LogP contribution is -2.43. The summed E-state index contributed by atoms with van der Waals surface area (Å²) in [5, 5.41) is 2.71. The van der Waals surface area contributed by atoms with Crippen molar-refractivity contribution in [2.24, 2.45) is 5.92 Å². The summed E-state index contributed by atoms with van der Waals surface area (Å²) in [6.07, 6.45) is -0.532. The van der Waals surface area contributed by atoms with Crippen LogP contribution < -0.4 is 5.32 Å². The third kappa shape index (κ3) is 3.95. The van der Waals surface area contributed by atoms with Gasteiger partial charge < -0.3 is 14.8 Å². The van der Waals surface area contributed by atoms with Gasteiger partial charge in [-0.15, -0.1) is 0 Å². The number of amides is 1. The molecule has 114 valence electrons. The molecule has 6 heteroatoms. The molecular weight excluding hydrogens is 272 g/mol. The molecule has 1 saturated heterocycles. The van der Waals surface area contributed by atoms with Crippen molar-refractivity contribution in [3.8, 4) is 0 Å². The number of hydrogen-bond acceptors (Lipinski definition) is 5. The van der Waals surface area contributed by atoms with Crippen LogP contribution in [0.5, 0.6) is 0 Å². The molecule has 0 bridgehead atoms. The van der Waals surface area contributed by atoms with Crippen molar-refractivity contribution >= 4 is 12.1 Å². The number of rotatable bonds is 4. The van der Waals surface area contributed by atoms with Crippen LogP contribution in [-0.4, -0.2) is 50.3 Å². The highest BCUT2D eigenvalue weighted by Gasteiger charge is 2.39. The third-order valence-corrected chi connectivity index (χ3v) is 3.64. The number of hydrogen-bond donors (Lipinski definition) is 1. The summed E-state index contributed by atoms with van der Waals surface area (Å²) >= 11 is 0. The molecular formula is C15H20N2O4. The van der Waals surface area contributed by atoms with E-state index in [0.29, 0.717) is 13.1 Å². The van der Waals surface area contributed by atoms with E-state index >= 15 is 0 Å². The van der Waals surface area contributed by atoms with Crippen molar-refractivity contribution < 1.29 is 19.1 Å². The minimum Gasteiger partial charge on any atom is -0.469 e. The molecule has 0 saturated carbocycles. The number of methoxy groups -OCH3 is 2. The van der Waals surface area contributed by atoms with Gasteiger partial charge in [0.25, 0.3) is 0 Å². The SMILES string of the molecule is COC(=O)N[C@H]1CN(Cc2ccccc2)C[C@H]1C(=O)OC. The van der Waals surface area contributed by atoms with E-state index in [2.05, 4.69) is 15.0 Å². The molecule has 1 aliphatic rings. The summed E-state index contributed by atoms with van der Waals surface area (Å²) in [6.45, 7) is 1.87. The summed E-state index contributed by atoms with van der Waals surface area (Å²) in [7, 11) is 2.66. The molecule has 0 aliphatic carbocycles. The second-order valence-corrected chi connectivity index (χ2v) is 5.05. The summed E-state index contributed by atoms with van der Waals surface area (Å²) in [5.41, 5.74) is 1.17. The first kappa shape index (κ1) is 15.3. The van der Waals surface area contributed by atoms with Crippen LogP contribution in [0.4, 0.5) is 4.79 Å². The minimum atomic E-state index is -0.532. The van der Waals surface area contributed by atoms with Crippen molar-refractivity contribution in [2.45, 2.75) is 12.6 Å². The quantitative estimate of drug-likeness (QED) is 0.839. The van der Waals surface area contributed by atoms with Crippen molar-refractivity contribution in [3.63, 3.8) is 0 Å². The van der Waals surface area contributed by atoms with Gasteiger partial charge in [0.2, 0.25) is 0 Å². The molecule has 21 heavy (non-hydrogen) atoms. The van der Waals surface area contributed by atoms with Crippen LogP contribution in [0.1, 0.15) is 5.56 Å². The fourth-order valence-corrected chi connectivity index (χ4v) is 2.60. The van der Waals surface area contributed by atoms with Crippen LogP contribution in [0.25, 0.3) is 0 Å². The number of carbonyl (C=O) groups excluding carboxylic acids is 2. The molecule has 2 atom stereocenters. The molecule has 1 aromatic rings. The predicted molar refractivity (Wildman–Crippen MR) is 76.6 cm³/mol. The van der Waals surface area contributed by atoms with Gasteiger partial charge in [-0.3, -0.25) is 9.69 Å². The van der Waals surface area contributed by atoms with Gasteiger partial charge in [0.05, 0.1) is 26.2 Å². The molecule has 0 aromatic heterocycles. The third-order valence-electron chi connectivity index (χ3n) is 3.64. The maximum absolute atomic E-state index is 11.9. The topological polar surface area (TPSA) is 67.9 Å². The van der Waals surface area contributed by atoms with Crippen LogP contribution in [0.3, 0.4) is 0 Å². The molecule has 0 spiro atoms. The van der Waals surface area contributed by atoms with Gasteiger partial charge in [-0.2, -0.15) is 0 Å². The van der Waals surface area contributed by atoms with Crippen LogP contribution in [-0.2, 0) is 20.8 Å². The molecule has 1 heterocycles. The predicted octanol–water partition coefficient (Wildman–Crippen LogP) is 1.02. The number of nitrogens with zero attached hydrogens (tertiary/aromatic N) is 1. The van der Waals surface area contributed by atoms with Crippen molar-refractivity contribution in [1.82, 2.24) is 10.2 Å². The molecule has 1 aliphatic heterocycles. The van der Waals surface area contributed by atoms with Gasteiger partial charge in [0, 0.05) is 19.6 Å². The van der Waals surface area contributed by atoms with Gasteiger partial charge in [0.15, 0.2) is 0 Å². The van der Waals surface area contributed by atoms with Gasteiger partial charge in [0.1, 0.15) is 0 Å². The lowest BCUT2D eigenvalue weighted by Gasteiger charge is -2.17. The van der Waals surface area contributed by atoms with E-state index in [4.69, 9.17) is 4.74 Å². The van der Waals surface area contributed by atoms with E-state index in [-0.39, 0.29) is 17.9 Å². The zero-order chi connectivity index (χ0) is 15.2. The number of likely N-dealkylation sites (tertiary alicyclic amines) is 1. The lowest BCUT2D eigenvalue weighted by molar-refractivity contribution is -0.145. The van der Waals surface area contributed by atoms with E-state index in [1.807, 2.05) is 30.3 Å². The van der Waals surface area contributed by atoms with E-state index in [0.717, 1.165) is 6.54 Å². The molecule has 2 rings (SSSR count). The highest BCUT2D eigenvalue weighted by Crippen LogP contribution is 2.20. The van der Waals surface area contributed by atoms with Crippen LogP contribution in [0, 0.1) is 5.92 Å². The number of ether oxygens (including phenoxy) is 2. The molecule has 6 nitrogen and oxygen atoms in total. The number of nitrogens with one attached hydrogen (secondary N) is 1. The second kappa shape index (κ2) is 7.08. The fraction of sp³-hybridized carbons (Fsp3) is 0.467. The zero-order valence-electron chi connectivity index (χ0n) is 12.2. The summed E-state index contributed by atoms with van der Waals surface area (Å²) in [4.78, 5) is 25.4. The smallest absolute Gasteiger partial charge is 0.407 e. The van der Waals surface area contributed by atoms with Gasteiger partial charge in [-0.1, -0.05) is 30.3 Å². The highest BCUT2D eigenvalue weighted by molar-refractivity contribution is 5.76. The van der Waals surface area contributed by atoms with Crippen LogP contribution in [0.15, 0.2) is 30.3 Å². The zero-order valence-corrected chi connectivity index (χ0v) is 12.2. The average molecular weight is 292 g/mol. The monoisotopic (exact) mass is 292 g/mol. The molecule has 1 aromatic carbocycles. The Morgan fingerprint density at radius 3 is 2.52 bits per heavy atom. The van der Waals surface area contributed by atoms with E-state index in [1.54, 1.807) is 0 Å². The Hall–Kier alpha value is -2.08. The van der Waals surface area contributed by atoms with Gasteiger partial charge in [-0.05, 0) is 5.56 Å². The van der Waals surface area contributed by atoms with Gasteiger partial charge >= 0.3 is 12.1 Å². The van der Waals surface area contributed by atoms with Crippen molar-refractivity contribution in [2.75, 3.05) is 27.3 Å². The standard InChI is InChI=1S/C15H20N2O4/c1-20-14(18)12-9-17(8-11-6-4-3-5-7-11)10-13(12)16-15(19)21-2/h3-7,12-13H,8-10H2,1-2H3,(H,16,19)/t12-,13+/m1/s1. The van der Waals surface area contributed by atoms with E-state index < -0.39 is 6.09 Å². The summed E-state index contributed by atoms with van der Waals surface area (Å²) in [5.74, 6) is -0.690. The maximum Gasteiger partial charge on any atom is 0.407 e. The Kier molecular flexibility index (Phi) is 5.16. The number of benzene rings is 1. The Balaban J connectivity index is 2.03. The Bertz CT molecular complexity index is 492. The lowest BCUT2D eigenvalue weighted by atomic mass is 10.0. The Morgan fingerprint density at radius 1 is 1.19 bits per heavy atom. The highest BCUT2D eigenvalue weighted by atomic mass is 16.5. The minimum absolute atomic E-state index is 0.298. The Labute approximate surface area is 124 Å². The molecule has 0 radical (unpaired) electrons. The normalized spacial score (nSPS) is 21.8. The number of esters is 1. The molecule has 0 unspecified atom stereocenters. The molecule has 1 fully saturated rings.